The van der Waals surface area contributed by atoms with Crippen molar-refractivity contribution in [2.24, 2.45) is 0 Å². The van der Waals surface area contributed by atoms with Crippen LogP contribution in [-0.2, 0) is 6.54 Å². The van der Waals surface area contributed by atoms with E-state index in [0.29, 0.717) is 5.03 Å². The highest BCUT2D eigenvalue weighted by atomic mass is 35.5. The lowest BCUT2D eigenvalue weighted by atomic mass is 10.5. The van der Waals surface area contributed by atoms with E-state index >= 15 is 0 Å². The van der Waals surface area contributed by atoms with Gasteiger partial charge in [0.05, 0.1) is 0 Å². The summed E-state index contributed by atoms with van der Waals surface area (Å²) < 4.78 is 1.78. The summed E-state index contributed by atoms with van der Waals surface area (Å²) in [4.78, 5) is 4.02. The van der Waals surface area contributed by atoms with Gasteiger partial charge in [0.15, 0.2) is 5.82 Å². The van der Waals surface area contributed by atoms with E-state index in [1.807, 2.05) is 13.8 Å². The SMILES string of the molecule is CCn1ncnc1/C=C(\C)Cl. The topological polar surface area (TPSA) is 30.7 Å². The maximum atomic E-state index is 5.68. The molecule has 1 aromatic heterocycles. The smallest absolute Gasteiger partial charge is 0.151 e. The van der Waals surface area contributed by atoms with Crippen molar-refractivity contribution in [3.63, 3.8) is 0 Å². The number of hydrogen-bond acceptors (Lipinski definition) is 2. The Hall–Kier alpha value is -0.830. The average Bonchev–Trinajstić information content (AvgIpc) is 2.34. The molecule has 11 heavy (non-hydrogen) atoms. The zero-order chi connectivity index (χ0) is 8.27. The van der Waals surface area contributed by atoms with Crippen LogP contribution in [0.3, 0.4) is 0 Å². The molecule has 0 amide bonds. The summed E-state index contributed by atoms with van der Waals surface area (Å²) in [7, 11) is 0. The zero-order valence-electron chi connectivity index (χ0n) is 6.58. The van der Waals surface area contributed by atoms with Gasteiger partial charge in [0.1, 0.15) is 6.33 Å². The molecule has 0 N–H and O–H groups in total. The third kappa shape index (κ3) is 2.05. The molecule has 0 aliphatic carbocycles. The van der Waals surface area contributed by atoms with Crippen molar-refractivity contribution >= 4 is 17.7 Å². The van der Waals surface area contributed by atoms with Crippen molar-refractivity contribution in [2.45, 2.75) is 20.4 Å². The van der Waals surface area contributed by atoms with Gasteiger partial charge in [0.25, 0.3) is 0 Å². The number of allylic oxidation sites excluding steroid dienone is 1. The third-order valence-electron chi connectivity index (χ3n) is 1.27. The lowest BCUT2D eigenvalue weighted by Gasteiger charge is -1.96. The van der Waals surface area contributed by atoms with Gasteiger partial charge in [0.2, 0.25) is 0 Å². The van der Waals surface area contributed by atoms with Crippen LogP contribution in [0, 0.1) is 0 Å². The summed E-state index contributed by atoms with van der Waals surface area (Å²) in [6, 6.07) is 0. The van der Waals surface area contributed by atoms with Crippen LogP contribution >= 0.6 is 11.6 Å². The van der Waals surface area contributed by atoms with Crippen LogP contribution in [-0.4, -0.2) is 14.8 Å². The Bertz CT molecular complexity index is 260. The number of hydrogen-bond donors (Lipinski definition) is 0. The second kappa shape index (κ2) is 3.53. The Morgan fingerprint density at radius 2 is 2.55 bits per heavy atom. The molecule has 0 aliphatic rings. The van der Waals surface area contributed by atoms with E-state index in [1.165, 1.54) is 6.33 Å². The summed E-state index contributed by atoms with van der Waals surface area (Å²) in [5.74, 6) is 0.806. The van der Waals surface area contributed by atoms with Gasteiger partial charge in [-0.2, -0.15) is 5.10 Å². The van der Waals surface area contributed by atoms with Crippen molar-refractivity contribution in [3.8, 4) is 0 Å². The first kappa shape index (κ1) is 8.27. The van der Waals surface area contributed by atoms with Crippen LogP contribution in [0.5, 0.6) is 0 Å². The van der Waals surface area contributed by atoms with Crippen LogP contribution in [0.1, 0.15) is 19.7 Å². The first-order valence-electron chi connectivity index (χ1n) is 3.45. The van der Waals surface area contributed by atoms with Gasteiger partial charge in [-0.05, 0) is 19.9 Å². The monoisotopic (exact) mass is 171 g/mol. The van der Waals surface area contributed by atoms with E-state index in [9.17, 15) is 0 Å². The second-order valence-corrected chi connectivity index (χ2v) is 2.76. The normalized spacial score (nSPS) is 12.1. The lowest BCUT2D eigenvalue weighted by molar-refractivity contribution is 0.651. The van der Waals surface area contributed by atoms with E-state index in [0.717, 1.165) is 12.4 Å². The van der Waals surface area contributed by atoms with Crippen molar-refractivity contribution in [1.82, 2.24) is 14.8 Å². The number of nitrogens with zero attached hydrogens (tertiary/aromatic N) is 3. The standard InChI is InChI=1S/C7H10ClN3/c1-3-11-7(4-6(2)8)9-5-10-11/h4-5H,3H2,1-2H3/b6-4+. The molecule has 0 atom stereocenters. The van der Waals surface area contributed by atoms with Gasteiger partial charge in [-0.3, -0.25) is 0 Å². The Morgan fingerprint density at radius 3 is 3.09 bits per heavy atom. The quantitative estimate of drug-likeness (QED) is 0.681. The highest BCUT2D eigenvalue weighted by Crippen LogP contribution is 2.05. The molecule has 0 unspecified atom stereocenters. The average molecular weight is 172 g/mol. The fraction of sp³-hybridized carbons (Fsp3) is 0.429. The predicted octanol–water partition coefficient (Wildman–Crippen LogP) is 1.90. The predicted molar refractivity (Wildman–Crippen MR) is 45.2 cm³/mol. The molecule has 1 heterocycles. The maximum Gasteiger partial charge on any atom is 0.151 e. The van der Waals surface area contributed by atoms with Crippen molar-refractivity contribution < 1.29 is 0 Å². The molecular weight excluding hydrogens is 162 g/mol. The van der Waals surface area contributed by atoms with Crippen molar-refractivity contribution in [3.05, 3.63) is 17.2 Å². The summed E-state index contributed by atoms with van der Waals surface area (Å²) in [5, 5.41) is 4.71. The summed E-state index contributed by atoms with van der Waals surface area (Å²) in [6.07, 6.45) is 3.31. The van der Waals surface area contributed by atoms with Gasteiger partial charge in [-0.25, -0.2) is 9.67 Å². The van der Waals surface area contributed by atoms with Crippen LogP contribution in [0.25, 0.3) is 6.08 Å². The fourth-order valence-electron chi connectivity index (χ4n) is 0.806. The number of halogens is 1. The summed E-state index contributed by atoms with van der Waals surface area (Å²) in [5.41, 5.74) is 0. The highest BCUT2D eigenvalue weighted by molar-refractivity contribution is 6.31. The van der Waals surface area contributed by atoms with Gasteiger partial charge >= 0.3 is 0 Å². The molecule has 1 aromatic rings. The lowest BCUT2D eigenvalue weighted by Crippen LogP contribution is -1.98. The minimum atomic E-state index is 0.715. The van der Waals surface area contributed by atoms with Crippen molar-refractivity contribution in [2.75, 3.05) is 0 Å². The zero-order valence-corrected chi connectivity index (χ0v) is 7.34. The Kier molecular flexibility index (Phi) is 2.65. The number of rotatable bonds is 2. The number of aryl methyl sites for hydroxylation is 1. The summed E-state index contributed by atoms with van der Waals surface area (Å²) >= 11 is 5.68. The van der Waals surface area contributed by atoms with E-state index in [4.69, 9.17) is 11.6 Å². The third-order valence-corrected chi connectivity index (χ3v) is 1.38. The van der Waals surface area contributed by atoms with E-state index in [1.54, 1.807) is 10.8 Å². The van der Waals surface area contributed by atoms with Crippen LogP contribution < -0.4 is 0 Å². The highest BCUT2D eigenvalue weighted by Gasteiger charge is 1.97. The molecule has 0 bridgehead atoms. The van der Waals surface area contributed by atoms with E-state index in [-0.39, 0.29) is 0 Å². The maximum absolute atomic E-state index is 5.68. The largest absolute Gasteiger partial charge is 0.247 e. The van der Waals surface area contributed by atoms with Crippen LogP contribution in [0.2, 0.25) is 0 Å². The van der Waals surface area contributed by atoms with Gasteiger partial charge in [0, 0.05) is 11.6 Å². The van der Waals surface area contributed by atoms with E-state index < -0.39 is 0 Å². The van der Waals surface area contributed by atoms with Gasteiger partial charge in [-0.15, -0.1) is 0 Å². The van der Waals surface area contributed by atoms with Crippen LogP contribution in [0.15, 0.2) is 11.4 Å². The molecule has 0 spiro atoms. The first-order chi connectivity index (χ1) is 5.24. The van der Waals surface area contributed by atoms with E-state index in [2.05, 4.69) is 10.1 Å². The Labute approximate surface area is 70.7 Å². The molecule has 0 aliphatic heterocycles. The fourth-order valence-corrected chi connectivity index (χ4v) is 0.904. The Morgan fingerprint density at radius 1 is 1.82 bits per heavy atom. The molecule has 1 rings (SSSR count). The minimum absolute atomic E-state index is 0.715. The first-order valence-corrected chi connectivity index (χ1v) is 3.83. The van der Waals surface area contributed by atoms with Gasteiger partial charge in [-0.1, -0.05) is 11.6 Å². The number of aromatic nitrogens is 3. The molecule has 0 saturated heterocycles. The van der Waals surface area contributed by atoms with Crippen molar-refractivity contribution in [1.29, 1.82) is 0 Å². The molecule has 0 saturated carbocycles. The molecule has 4 heteroatoms. The second-order valence-electron chi connectivity index (χ2n) is 2.17. The molecule has 0 radical (unpaired) electrons. The van der Waals surface area contributed by atoms with Gasteiger partial charge < -0.3 is 0 Å². The molecule has 0 fully saturated rings. The minimum Gasteiger partial charge on any atom is -0.247 e. The Balaban J connectivity index is 2.93. The molecule has 60 valence electrons. The summed E-state index contributed by atoms with van der Waals surface area (Å²) in [6.45, 7) is 4.64. The molecule has 3 nitrogen and oxygen atoms in total. The molecule has 0 aromatic carbocycles. The van der Waals surface area contributed by atoms with Crippen LogP contribution in [0.4, 0.5) is 0 Å². The molecular formula is C7H10ClN3.